The van der Waals surface area contributed by atoms with Crippen molar-refractivity contribution in [2.45, 2.75) is 39.5 Å². The van der Waals surface area contributed by atoms with Crippen molar-refractivity contribution in [1.29, 1.82) is 0 Å². The summed E-state index contributed by atoms with van der Waals surface area (Å²) in [4.78, 5) is 12.1. The third kappa shape index (κ3) is 7.99. The second kappa shape index (κ2) is 11.8. The van der Waals surface area contributed by atoms with Crippen molar-refractivity contribution in [3.63, 3.8) is 0 Å². The number of nitrogens with one attached hydrogen (secondary N) is 1. The first-order valence-corrected chi connectivity index (χ1v) is 9.66. The van der Waals surface area contributed by atoms with Crippen LogP contribution in [0, 0.1) is 0 Å². The predicted molar refractivity (Wildman–Crippen MR) is 111 cm³/mol. The highest BCUT2D eigenvalue weighted by molar-refractivity contribution is 6.01. The lowest BCUT2D eigenvalue weighted by molar-refractivity contribution is -0.111. The summed E-state index contributed by atoms with van der Waals surface area (Å²) in [7, 11) is 0. The van der Waals surface area contributed by atoms with E-state index < -0.39 is 0 Å². The maximum Gasteiger partial charge on any atom is 0.248 e. The van der Waals surface area contributed by atoms with Crippen LogP contribution in [-0.4, -0.2) is 19.1 Å². The van der Waals surface area contributed by atoms with Gasteiger partial charge in [0.25, 0.3) is 0 Å². The molecule has 0 aromatic heterocycles. The van der Waals surface area contributed by atoms with Gasteiger partial charge in [0.2, 0.25) is 5.91 Å². The number of amides is 1. The Balaban J connectivity index is 1.79. The van der Waals surface area contributed by atoms with E-state index in [0.29, 0.717) is 6.61 Å². The molecule has 1 N–H and O–H groups in total. The standard InChI is InChI=1S/C23H29NO3/c1-3-5-6-18-27-22-14-10-20(11-15-22)24-23(25)16-9-19-7-12-21(13-8-19)26-17-4-2/h7-16H,3-6,17-18H2,1-2H3,(H,24,25). The van der Waals surface area contributed by atoms with E-state index in [0.717, 1.165) is 42.2 Å². The summed E-state index contributed by atoms with van der Waals surface area (Å²) in [6.45, 7) is 5.68. The summed E-state index contributed by atoms with van der Waals surface area (Å²) in [5.74, 6) is 1.50. The second-order valence-corrected chi connectivity index (χ2v) is 6.32. The van der Waals surface area contributed by atoms with Crippen LogP contribution in [-0.2, 0) is 4.79 Å². The molecular weight excluding hydrogens is 338 g/mol. The van der Waals surface area contributed by atoms with E-state index in [-0.39, 0.29) is 5.91 Å². The van der Waals surface area contributed by atoms with Crippen LogP contribution in [0.15, 0.2) is 54.6 Å². The van der Waals surface area contributed by atoms with Crippen LogP contribution in [0.3, 0.4) is 0 Å². The van der Waals surface area contributed by atoms with Crippen molar-refractivity contribution in [2.75, 3.05) is 18.5 Å². The van der Waals surface area contributed by atoms with Gasteiger partial charge in [-0.05, 0) is 60.9 Å². The molecule has 0 spiro atoms. The third-order valence-electron chi connectivity index (χ3n) is 3.92. The summed E-state index contributed by atoms with van der Waals surface area (Å²) in [6, 6.07) is 15.1. The minimum absolute atomic E-state index is 0.169. The van der Waals surface area contributed by atoms with Gasteiger partial charge in [-0.25, -0.2) is 0 Å². The molecule has 4 heteroatoms. The summed E-state index contributed by atoms with van der Waals surface area (Å²) in [5.41, 5.74) is 1.69. The van der Waals surface area contributed by atoms with Crippen LogP contribution in [0.25, 0.3) is 6.08 Å². The highest BCUT2D eigenvalue weighted by Gasteiger charge is 2.00. The average Bonchev–Trinajstić information content (AvgIpc) is 2.70. The Morgan fingerprint density at radius 3 is 2.11 bits per heavy atom. The molecule has 0 heterocycles. The fourth-order valence-corrected chi connectivity index (χ4v) is 2.43. The Kier molecular flexibility index (Phi) is 8.98. The first kappa shape index (κ1) is 20.6. The van der Waals surface area contributed by atoms with Crippen molar-refractivity contribution in [3.8, 4) is 11.5 Å². The van der Waals surface area contributed by atoms with Crippen LogP contribution in [0.2, 0.25) is 0 Å². The molecular formula is C23H29NO3. The van der Waals surface area contributed by atoms with E-state index in [1.807, 2.05) is 48.5 Å². The fraction of sp³-hybridized carbons (Fsp3) is 0.348. The molecule has 0 fully saturated rings. The molecule has 0 unspecified atom stereocenters. The normalized spacial score (nSPS) is 10.7. The van der Waals surface area contributed by atoms with Crippen molar-refractivity contribution >= 4 is 17.7 Å². The van der Waals surface area contributed by atoms with Crippen LogP contribution in [0.5, 0.6) is 11.5 Å². The Bertz CT molecular complexity index is 705. The number of unbranched alkanes of at least 4 members (excludes halogenated alkanes) is 2. The quantitative estimate of drug-likeness (QED) is 0.409. The third-order valence-corrected chi connectivity index (χ3v) is 3.92. The molecule has 4 nitrogen and oxygen atoms in total. The molecule has 0 atom stereocenters. The zero-order chi connectivity index (χ0) is 19.3. The number of carbonyl (C=O) groups is 1. The first-order chi connectivity index (χ1) is 13.2. The van der Waals surface area contributed by atoms with Crippen molar-refractivity contribution in [3.05, 3.63) is 60.2 Å². The van der Waals surface area contributed by atoms with Crippen molar-refractivity contribution in [2.24, 2.45) is 0 Å². The number of anilines is 1. The van der Waals surface area contributed by atoms with Gasteiger partial charge in [0.15, 0.2) is 0 Å². The van der Waals surface area contributed by atoms with E-state index in [1.165, 1.54) is 18.9 Å². The molecule has 1 amide bonds. The zero-order valence-corrected chi connectivity index (χ0v) is 16.2. The lowest BCUT2D eigenvalue weighted by atomic mass is 10.2. The molecule has 144 valence electrons. The van der Waals surface area contributed by atoms with E-state index in [4.69, 9.17) is 9.47 Å². The van der Waals surface area contributed by atoms with Crippen LogP contribution >= 0.6 is 0 Å². The number of rotatable bonds is 11. The first-order valence-electron chi connectivity index (χ1n) is 9.66. The lowest BCUT2D eigenvalue weighted by Crippen LogP contribution is -2.07. The number of benzene rings is 2. The van der Waals surface area contributed by atoms with Gasteiger partial charge in [0, 0.05) is 11.8 Å². The minimum atomic E-state index is -0.169. The molecule has 0 saturated heterocycles. The van der Waals surface area contributed by atoms with Crippen LogP contribution in [0.1, 0.15) is 45.1 Å². The summed E-state index contributed by atoms with van der Waals surface area (Å²) >= 11 is 0. The summed E-state index contributed by atoms with van der Waals surface area (Å²) in [6.07, 6.45) is 7.70. The monoisotopic (exact) mass is 367 g/mol. The van der Waals surface area contributed by atoms with Gasteiger partial charge in [0.05, 0.1) is 13.2 Å². The molecule has 0 saturated carbocycles. The Labute approximate surface area is 162 Å². The molecule has 2 aromatic rings. The molecule has 0 bridgehead atoms. The maximum absolute atomic E-state index is 12.1. The number of hydrogen-bond donors (Lipinski definition) is 1. The van der Waals surface area contributed by atoms with Crippen molar-refractivity contribution in [1.82, 2.24) is 0 Å². The van der Waals surface area contributed by atoms with Crippen LogP contribution < -0.4 is 14.8 Å². The van der Waals surface area contributed by atoms with E-state index in [9.17, 15) is 4.79 Å². The highest BCUT2D eigenvalue weighted by Crippen LogP contribution is 2.17. The van der Waals surface area contributed by atoms with Gasteiger partial charge in [-0.15, -0.1) is 0 Å². The second-order valence-electron chi connectivity index (χ2n) is 6.32. The van der Waals surface area contributed by atoms with Gasteiger partial charge < -0.3 is 14.8 Å². The van der Waals surface area contributed by atoms with Gasteiger partial charge in [0.1, 0.15) is 11.5 Å². The fourth-order valence-electron chi connectivity index (χ4n) is 2.43. The SMILES string of the molecule is CCCCCOc1ccc(NC(=O)C=Cc2ccc(OCCC)cc2)cc1. The largest absolute Gasteiger partial charge is 0.494 e. The Hall–Kier alpha value is -2.75. The molecule has 0 aliphatic carbocycles. The predicted octanol–water partition coefficient (Wildman–Crippen LogP) is 5.70. The molecule has 0 aliphatic rings. The van der Waals surface area contributed by atoms with E-state index >= 15 is 0 Å². The molecule has 0 aliphatic heterocycles. The van der Waals surface area contributed by atoms with Gasteiger partial charge >= 0.3 is 0 Å². The highest BCUT2D eigenvalue weighted by atomic mass is 16.5. The number of hydrogen-bond acceptors (Lipinski definition) is 3. The number of carbonyl (C=O) groups excluding carboxylic acids is 1. The molecule has 2 rings (SSSR count). The zero-order valence-electron chi connectivity index (χ0n) is 16.2. The number of ether oxygens (including phenoxy) is 2. The Morgan fingerprint density at radius 2 is 1.48 bits per heavy atom. The maximum atomic E-state index is 12.1. The molecule has 27 heavy (non-hydrogen) atoms. The van der Waals surface area contributed by atoms with Gasteiger partial charge in [-0.1, -0.05) is 38.8 Å². The van der Waals surface area contributed by atoms with Crippen molar-refractivity contribution < 1.29 is 14.3 Å². The van der Waals surface area contributed by atoms with Crippen LogP contribution in [0.4, 0.5) is 5.69 Å². The molecule has 0 radical (unpaired) electrons. The minimum Gasteiger partial charge on any atom is -0.494 e. The lowest BCUT2D eigenvalue weighted by Gasteiger charge is -2.07. The van der Waals surface area contributed by atoms with Gasteiger partial charge in [-0.2, -0.15) is 0 Å². The summed E-state index contributed by atoms with van der Waals surface area (Å²) in [5, 5.41) is 2.85. The average molecular weight is 367 g/mol. The topological polar surface area (TPSA) is 47.6 Å². The van der Waals surface area contributed by atoms with E-state index in [2.05, 4.69) is 19.2 Å². The summed E-state index contributed by atoms with van der Waals surface area (Å²) < 4.78 is 11.2. The Morgan fingerprint density at radius 1 is 0.852 bits per heavy atom. The smallest absolute Gasteiger partial charge is 0.248 e. The van der Waals surface area contributed by atoms with Gasteiger partial charge in [-0.3, -0.25) is 4.79 Å². The molecule has 2 aromatic carbocycles. The van der Waals surface area contributed by atoms with E-state index in [1.54, 1.807) is 6.08 Å².